The van der Waals surface area contributed by atoms with Gasteiger partial charge in [0.05, 0.1) is 20.8 Å². The van der Waals surface area contributed by atoms with E-state index < -0.39 is 0 Å². The van der Waals surface area contributed by atoms with Crippen molar-refractivity contribution in [1.82, 2.24) is 10.2 Å². The molecule has 0 saturated carbocycles. The molecule has 0 spiro atoms. The molecule has 8 nitrogen and oxygen atoms in total. The Bertz CT molecular complexity index is 1260. The maximum Gasteiger partial charge on any atom is 0.258 e. The van der Waals surface area contributed by atoms with Crippen molar-refractivity contribution < 1.29 is 23.4 Å². The largest absolute Gasteiger partial charge is 0.493 e. The van der Waals surface area contributed by atoms with Gasteiger partial charge in [0.25, 0.3) is 5.91 Å². The number of rotatable bonds is 11. The minimum atomic E-state index is -0.310. The Balaban J connectivity index is 1.26. The quantitative estimate of drug-likeness (QED) is 0.424. The molecule has 1 atom stereocenters. The van der Waals surface area contributed by atoms with E-state index in [1.807, 2.05) is 37.3 Å². The van der Waals surface area contributed by atoms with Gasteiger partial charge in [0.15, 0.2) is 18.1 Å². The molecular formula is C29H34N2O6. The van der Waals surface area contributed by atoms with Gasteiger partial charge in [0.1, 0.15) is 12.0 Å². The first-order chi connectivity index (χ1) is 17.9. The number of nitrogens with zero attached hydrogens (tertiary/aromatic N) is 1. The minimum Gasteiger partial charge on any atom is -0.493 e. The van der Waals surface area contributed by atoms with Crippen molar-refractivity contribution in [3.05, 3.63) is 87.5 Å². The molecule has 1 N–H and O–H groups in total. The number of hydrogen-bond acceptors (Lipinski definition) is 7. The summed E-state index contributed by atoms with van der Waals surface area (Å²) in [5.41, 5.74) is 3.31. The highest BCUT2D eigenvalue weighted by Crippen LogP contribution is 2.33. The summed E-state index contributed by atoms with van der Waals surface area (Å²) in [4.78, 5) is 27.0. The maximum atomic E-state index is 12.6. The standard InChI is InChI=1S/C29H34N2O6/c1-20(9-10-21-7-5-4-6-8-21)30-29(33)19-37-28-18-36-24(15-25(28)32)17-31-12-11-22-13-26(34-2)27(35-3)14-23(22)16-31/h4-8,13-15,18,20H,9-12,16-17,19H2,1-3H3,(H,30,33)/t20-/m0/s1. The molecule has 2 aromatic carbocycles. The Kier molecular flexibility index (Phi) is 8.85. The number of amides is 1. The molecule has 0 unspecified atom stereocenters. The first kappa shape index (κ1) is 26.3. The lowest BCUT2D eigenvalue weighted by atomic mass is 9.98. The topological polar surface area (TPSA) is 90.2 Å². The molecule has 2 heterocycles. The van der Waals surface area contributed by atoms with Gasteiger partial charge in [-0.1, -0.05) is 30.3 Å². The number of benzene rings is 2. The van der Waals surface area contributed by atoms with Crippen molar-refractivity contribution >= 4 is 5.91 Å². The Morgan fingerprint density at radius 1 is 1.05 bits per heavy atom. The van der Waals surface area contributed by atoms with Crippen LogP contribution in [0.4, 0.5) is 0 Å². The van der Waals surface area contributed by atoms with E-state index in [0.717, 1.165) is 37.1 Å². The van der Waals surface area contributed by atoms with Gasteiger partial charge >= 0.3 is 0 Å². The van der Waals surface area contributed by atoms with Crippen LogP contribution in [-0.2, 0) is 30.7 Å². The van der Waals surface area contributed by atoms with Crippen molar-refractivity contribution in [2.45, 2.75) is 45.3 Å². The molecule has 3 aromatic rings. The highest BCUT2D eigenvalue weighted by Gasteiger charge is 2.21. The van der Waals surface area contributed by atoms with Crippen LogP contribution < -0.4 is 25.0 Å². The molecule has 1 aliphatic rings. The summed E-state index contributed by atoms with van der Waals surface area (Å²) in [5, 5.41) is 2.91. The smallest absolute Gasteiger partial charge is 0.258 e. The van der Waals surface area contributed by atoms with Crippen LogP contribution >= 0.6 is 0 Å². The number of nitrogens with one attached hydrogen (secondary N) is 1. The second-order valence-electron chi connectivity index (χ2n) is 9.29. The highest BCUT2D eigenvalue weighted by molar-refractivity contribution is 5.77. The Hall–Kier alpha value is -3.78. The molecule has 0 bridgehead atoms. The molecule has 0 fully saturated rings. The number of hydrogen-bond donors (Lipinski definition) is 1. The molecule has 1 amide bonds. The molecule has 196 valence electrons. The Labute approximate surface area is 217 Å². The summed E-state index contributed by atoms with van der Waals surface area (Å²) in [6.07, 6.45) is 3.84. The van der Waals surface area contributed by atoms with E-state index >= 15 is 0 Å². The van der Waals surface area contributed by atoms with Crippen LogP contribution in [-0.4, -0.2) is 44.2 Å². The summed E-state index contributed by atoms with van der Waals surface area (Å²) < 4.78 is 21.9. The first-order valence-electron chi connectivity index (χ1n) is 12.5. The second kappa shape index (κ2) is 12.5. The van der Waals surface area contributed by atoms with Crippen LogP contribution in [0.1, 0.15) is 35.8 Å². The van der Waals surface area contributed by atoms with E-state index in [1.165, 1.54) is 23.5 Å². The van der Waals surface area contributed by atoms with Gasteiger partial charge in [-0.25, -0.2) is 0 Å². The predicted molar refractivity (Wildman–Crippen MR) is 140 cm³/mol. The van der Waals surface area contributed by atoms with E-state index in [4.69, 9.17) is 18.6 Å². The van der Waals surface area contributed by atoms with Gasteiger partial charge in [-0.15, -0.1) is 0 Å². The van der Waals surface area contributed by atoms with Gasteiger partial charge in [0.2, 0.25) is 11.2 Å². The van der Waals surface area contributed by atoms with Crippen LogP contribution in [0.2, 0.25) is 0 Å². The van der Waals surface area contributed by atoms with E-state index in [0.29, 0.717) is 24.6 Å². The molecule has 8 heteroatoms. The number of ether oxygens (including phenoxy) is 3. The van der Waals surface area contributed by atoms with Crippen LogP contribution in [0.15, 0.2) is 64.0 Å². The lowest BCUT2D eigenvalue weighted by molar-refractivity contribution is -0.123. The zero-order chi connectivity index (χ0) is 26.2. The fourth-order valence-electron chi connectivity index (χ4n) is 4.48. The van der Waals surface area contributed by atoms with Crippen LogP contribution in [0.3, 0.4) is 0 Å². The lowest BCUT2D eigenvalue weighted by Crippen LogP contribution is -2.36. The lowest BCUT2D eigenvalue weighted by Gasteiger charge is -2.29. The molecule has 0 saturated heterocycles. The molecule has 0 aliphatic carbocycles. The zero-order valence-electron chi connectivity index (χ0n) is 21.6. The van der Waals surface area contributed by atoms with E-state index in [1.54, 1.807) is 14.2 Å². The molecule has 1 aliphatic heterocycles. The molecular weight excluding hydrogens is 472 g/mol. The van der Waals surface area contributed by atoms with E-state index in [9.17, 15) is 9.59 Å². The fraction of sp³-hybridized carbons (Fsp3) is 0.379. The Morgan fingerprint density at radius 3 is 2.49 bits per heavy atom. The van der Waals surface area contributed by atoms with Crippen molar-refractivity contribution in [1.29, 1.82) is 0 Å². The van der Waals surface area contributed by atoms with Gasteiger partial charge < -0.3 is 23.9 Å². The zero-order valence-corrected chi connectivity index (χ0v) is 21.6. The van der Waals surface area contributed by atoms with Crippen molar-refractivity contribution in [2.24, 2.45) is 0 Å². The third-order valence-electron chi connectivity index (χ3n) is 6.50. The van der Waals surface area contributed by atoms with Gasteiger partial charge in [-0.05, 0) is 55.0 Å². The molecule has 4 rings (SSSR count). The van der Waals surface area contributed by atoms with Gasteiger partial charge in [-0.3, -0.25) is 14.5 Å². The summed E-state index contributed by atoms with van der Waals surface area (Å²) in [6, 6.07) is 15.6. The Morgan fingerprint density at radius 2 is 1.78 bits per heavy atom. The van der Waals surface area contributed by atoms with Crippen molar-refractivity contribution in [3.8, 4) is 17.2 Å². The van der Waals surface area contributed by atoms with Crippen LogP contribution in [0, 0.1) is 0 Å². The number of carbonyl (C=O) groups excluding carboxylic acids is 1. The number of aryl methyl sites for hydroxylation is 1. The first-order valence-corrected chi connectivity index (χ1v) is 12.5. The maximum absolute atomic E-state index is 12.6. The van der Waals surface area contributed by atoms with Crippen molar-refractivity contribution in [2.75, 3.05) is 27.4 Å². The monoisotopic (exact) mass is 506 g/mol. The molecule has 1 aromatic heterocycles. The van der Waals surface area contributed by atoms with E-state index in [-0.39, 0.29) is 29.7 Å². The number of fused-ring (bicyclic) bond motifs is 1. The average Bonchev–Trinajstić information content (AvgIpc) is 2.91. The second-order valence-corrected chi connectivity index (χ2v) is 9.29. The SMILES string of the molecule is COc1cc2c(cc1OC)CN(Cc1cc(=O)c(OCC(=O)N[C@@H](C)CCc3ccccc3)co1)CC2. The van der Waals surface area contributed by atoms with Gasteiger partial charge in [0, 0.05) is 25.2 Å². The summed E-state index contributed by atoms with van der Waals surface area (Å²) in [7, 11) is 3.26. The normalized spacial score (nSPS) is 13.9. The van der Waals surface area contributed by atoms with Crippen LogP contribution in [0.5, 0.6) is 17.2 Å². The summed E-state index contributed by atoms with van der Waals surface area (Å²) in [6.45, 7) is 3.74. The number of methoxy groups -OCH3 is 2. The minimum absolute atomic E-state index is 0.00850. The van der Waals surface area contributed by atoms with Gasteiger partial charge in [-0.2, -0.15) is 0 Å². The fourth-order valence-corrected chi connectivity index (χ4v) is 4.48. The summed E-state index contributed by atoms with van der Waals surface area (Å²) in [5.74, 6) is 1.72. The number of carbonyl (C=O) groups is 1. The highest BCUT2D eigenvalue weighted by atomic mass is 16.5. The predicted octanol–water partition coefficient (Wildman–Crippen LogP) is 3.73. The van der Waals surface area contributed by atoms with E-state index in [2.05, 4.69) is 22.3 Å². The summed E-state index contributed by atoms with van der Waals surface area (Å²) >= 11 is 0. The third kappa shape index (κ3) is 7.13. The van der Waals surface area contributed by atoms with Crippen LogP contribution in [0.25, 0.3) is 0 Å². The molecule has 0 radical (unpaired) electrons. The van der Waals surface area contributed by atoms with Crippen molar-refractivity contribution in [3.63, 3.8) is 0 Å². The third-order valence-corrected chi connectivity index (χ3v) is 6.50. The molecule has 37 heavy (non-hydrogen) atoms. The average molecular weight is 507 g/mol.